The third-order valence-electron chi connectivity index (χ3n) is 4.51. The van der Waals surface area contributed by atoms with Gasteiger partial charge in [0.05, 0.1) is 17.2 Å². The molecule has 0 saturated carbocycles. The molecule has 0 radical (unpaired) electrons. The second kappa shape index (κ2) is 9.52. The van der Waals surface area contributed by atoms with Gasteiger partial charge >= 0.3 is 0 Å². The van der Waals surface area contributed by atoms with Crippen LogP contribution >= 0.6 is 11.3 Å². The highest BCUT2D eigenvalue weighted by Gasteiger charge is 2.17. The van der Waals surface area contributed by atoms with Crippen molar-refractivity contribution in [1.82, 2.24) is 15.2 Å². The van der Waals surface area contributed by atoms with Gasteiger partial charge in [-0.25, -0.2) is 0 Å². The number of nitrogens with zero attached hydrogens (tertiary/aromatic N) is 4. The number of ether oxygens (including phenoxy) is 1. The van der Waals surface area contributed by atoms with E-state index in [0.717, 1.165) is 22.5 Å². The van der Waals surface area contributed by atoms with Crippen LogP contribution in [-0.4, -0.2) is 21.1 Å². The van der Waals surface area contributed by atoms with Crippen LogP contribution in [0, 0.1) is 23.7 Å². The van der Waals surface area contributed by atoms with E-state index in [4.69, 9.17) is 16.4 Å². The van der Waals surface area contributed by atoms with Crippen LogP contribution in [0.3, 0.4) is 0 Å². The van der Waals surface area contributed by atoms with E-state index >= 15 is 0 Å². The Labute approximate surface area is 188 Å². The Bertz CT molecular complexity index is 1350. The van der Waals surface area contributed by atoms with E-state index in [1.807, 2.05) is 24.3 Å². The molecule has 4 rings (SSSR count). The summed E-state index contributed by atoms with van der Waals surface area (Å²) >= 11 is 1.12. The Hall–Kier alpha value is -4.53. The van der Waals surface area contributed by atoms with Gasteiger partial charge in [0.2, 0.25) is 5.13 Å². The third kappa shape index (κ3) is 4.62. The predicted octanol–water partition coefficient (Wildman–Crippen LogP) is 4.28. The third-order valence-corrected chi connectivity index (χ3v) is 5.26. The fourth-order valence-electron chi connectivity index (χ4n) is 2.95. The molecule has 1 N–H and O–H groups in total. The molecule has 0 fully saturated rings. The highest BCUT2D eigenvalue weighted by molar-refractivity contribution is 7.17. The molecule has 0 aliphatic heterocycles. The SMILES string of the molecule is C#Cc1ccccc1-c1cnccc1C(=O)Nc1nnc(OCc2ccc(C#N)cc2)s1. The van der Waals surface area contributed by atoms with Gasteiger partial charge in [-0.2, -0.15) is 5.26 Å². The molecule has 8 heteroatoms. The normalized spacial score (nSPS) is 10.1. The molecule has 0 aliphatic rings. The zero-order chi connectivity index (χ0) is 22.3. The summed E-state index contributed by atoms with van der Waals surface area (Å²) in [5, 5.41) is 20.2. The Kier molecular flexibility index (Phi) is 6.17. The van der Waals surface area contributed by atoms with Crippen LogP contribution < -0.4 is 10.1 Å². The zero-order valence-corrected chi connectivity index (χ0v) is 17.5. The number of aromatic nitrogens is 3. The molecule has 154 valence electrons. The highest BCUT2D eigenvalue weighted by atomic mass is 32.1. The lowest BCUT2D eigenvalue weighted by Gasteiger charge is -2.10. The van der Waals surface area contributed by atoms with E-state index in [0.29, 0.717) is 32.6 Å². The van der Waals surface area contributed by atoms with Gasteiger partial charge in [0.15, 0.2) is 0 Å². The summed E-state index contributed by atoms with van der Waals surface area (Å²) in [5.74, 6) is 2.28. The minimum atomic E-state index is -0.357. The number of rotatable bonds is 6. The average molecular weight is 437 g/mol. The maximum absolute atomic E-state index is 12.9. The van der Waals surface area contributed by atoms with Crippen molar-refractivity contribution >= 4 is 22.4 Å². The topological polar surface area (TPSA) is 101 Å². The van der Waals surface area contributed by atoms with Gasteiger partial charge in [0.25, 0.3) is 11.1 Å². The Morgan fingerprint density at radius 1 is 1.09 bits per heavy atom. The van der Waals surface area contributed by atoms with E-state index in [1.165, 1.54) is 0 Å². The van der Waals surface area contributed by atoms with Gasteiger partial charge in [-0.05, 0) is 46.7 Å². The van der Waals surface area contributed by atoms with Crippen molar-refractivity contribution in [2.45, 2.75) is 6.61 Å². The van der Waals surface area contributed by atoms with Gasteiger partial charge in [-0.3, -0.25) is 15.1 Å². The Morgan fingerprint density at radius 3 is 2.69 bits per heavy atom. The number of nitrogens with one attached hydrogen (secondary N) is 1. The Morgan fingerprint density at radius 2 is 1.91 bits per heavy atom. The van der Waals surface area contributed by atoms with Gasteiger partial charge < -0.3 is 4.74 Å². The summed E-state index contributed by atoms with van der Waals surface area (Å²) in [4.78, 5) is 17.1. The van der Waals surface area contributed by atoms with Crippen LogP contribution in [0.5, 0.6) is 5.19 Å². The Balaban J connectivity index is 1.47. The molecule has 2 aromatic carbocycles. The smallest absolute Gasteiger partial charge is 0.296 e. The molecule has 0 spiro atoms. The van der Waals surface area contributed by atoms with Crippen LogP contribution in [0.1, 0.15) is 27.0 Å². The molecule has 0 unspecified atom stereocenters. The van der Waals surface area contributed by atoms with Crippen LogP contribution in [0.15, 0.2) is 67.0 Å². The first kappa shape index (κ1) is 20.7. The molecule has 0 aliphatic carbocycles. The molecular weight excluding hydrogens is 422 g/mol. The number of hydrogen-bond donors (Lipinski definition) is 1. The number of terminal acetylenes is 1. The van der Waals surface area contributed by atoms with Crippen LogP contribution in [-0.2, 0) is 6.61 Å². The van der Waals surface area contributed by atoms with E-state index in [-0.39, 0.29) is 12.5 Å². The number of hydrogen-bond acceptors (Lipinski definition) is 7. The summed E-state index contributed by atoms with van der Waals surface area (Å²) in [7, 11) is 0. The van der Waals surface area contributed by atoms with Crippen LogP contribution in [0.25, 0.3) is 11.1 Å². The molecule has 2 heterocycles. The largest absolute Gasteiger partial charge is 0.464 e. The van der Waals surface area contributed by atoms with Gasteiger partial charge in [0, 0.05) is 23.5 Å². The van der Waals surface area contributed by atoms with Crippen LogP contribution in [0.4, 0.5) is 5.13 Å². The second-order valence-corrected chi connectivity index (χ2v) is 7.48. The van der Waals surface area contributed by atoms with Crippen molar-refractivity contribution < 1.29 is 9.53 Å². The molecule has 1 amide bonds. The van der Waals surface area contributed by atoms with E-state index in [9.17, 15) is 4.79 Å². The van der Waals surface area contributed by atoms with E-state index < -0.39 is 0 Å². The van der Waals surface area contributed by atoms with Crippen molar-refractivity contribution in [2.75, 3.05) is 5.32 Å². The lowest BCUT2D eigenvalue weighted by Crippen LogP contribution is -2.13. The first-order chi connectivity index (χ1) is 15.7. The fraction of sp³-hybridized carbons (Fsp3) is 0.0417. The average Bonchev–Trinajstić information content (AvgIpc) is 3.30. The monoisotopic (exact) mass is 437 g/mol. The minimum absolute atomic E-state index is 0.270. The minimum Gasteiger partial charge on any atom is -0.464 e. The lowest BCUT2D eigenvalue weighted by atomic mass is 9.97. The van der Waals surface area contributed by atoms with Crippen molar-refractivity contribution in [3.05, 3.63) is 89.2 Å². The van der Waals surface area contributed by atoms with Crippen molar-refractivity contribution in [3.8, 4) is 34.7 Å². The number of carbonyl (C=O) groups is 1. The molecule has 0 atom stereocenters. The first-order valence-electron chi connectivity index (χ1n) is 9.44. The molecule has 0 saturated heterocycles. The van der Waals surface area contributed by atoms with Crippen LogP contribution in [0.2, 0.25) is 0 Å². The number of benzene rings is 2. The number of carbonyl (C=O) groups excluding carboxylic acids is 1. The molecule has 4 aromatic rings. The van der Waals surface area contributed by atoms with E-state index in [2.05, 4.69) is 32.5 Å². The number of nitriles is 1. The highest BCUT2D eigenvalue weighted by Crippen LogP contribution is 2.28. The number of anilines is 1. The molecule has 32 heavy (non-hydrogen) atoms. The van der Waals surface area contributed by atoms with Crippen molar-refractivity contribution in [1.29, 1.82) is 5.26 Å². The van der Waals surface area contributed by atoms with E-state index in [1.54, 1.807) is 42.7 Å². The fourth-order valence-corrected chi connectivity index (χ4v) is 3.54. The van der Waals surface area contributed by atoms with Gasteiger partial charge in [-0.1, -0.05) is 41.4 Å². The summed E-state index contributed by atoms with van der Waals surface area (Å²) in [6.45, 7) is 0.270. The zero-order valence-electron chi connectivity index (χ0n) is 16.6. The number of amides is 1. The maximum Gasteiger partial charge on any atom is 0.296 e. The molecule has 7 nitrogen and oxygen atoms in total. The standard InChI is InChI=1S/C24H15N5O2S/c1-2-18-5-3-4-6-19(18)21-14-26-12-11-20(21)22(30)27-23-28-29-24(32-23)31-15-17-9-7-16(13-25)8-10-17/h1,3-12,14H,15H2,(H,27,28,30). The van der Waals surface area contributed by atoms with Crippen molar-refractivity contribution in [2.24, 2.45) is 0 Å². The van der Waals surface area contributed by atoms with Gasteiger partial charge in [0.1, 0.15) is 6.61 Å². The van der Waals surface area contributed by atoms with Gasteiger partial charge in [-0.15, -0.1) is 11.5 Å². The van der Waals surface area contributed by atoms with Crippen molar-refractivity contribution in [3.63, 3.8) is 0 Å². The lowest BCUT2D eigenvalue weighted by molar-refractivity contribution is 0.102. The molecular formula is C24H15N5O2S. The molecule has 2 aromatic heterocycles. The maximum atomic E-state index is 12.9. The molecule has 0 bridgehead atoms. The summed E-state index contributed by atoms with van der Waals surface area (Å²) in [5.41, 5.74) is 3.92. The first-order valence-corrected chi connectivity index (χ1v) is 10.3. The number of pyridine rings is 1. The summed E-state index contributed by atoms with van der Waals surface area (Å²) < 4.78 is 5.64. The quantitative estimate of drug-likeness (QED) is 0.452. The second-order valence-electron chi connectivity index (χ2n) is 6.54. The summed E-state index contributed by atoms with van der Waals surface area (Å²) in [6.07, 6.45) is 8.76. The predicted molar refractivity (Wildman–Crippen MR) is 121 cm³/mol. The summed E-state index contributed by atoms with van der Waals surface area (Å²) in [6, 6.07) is 18.1.